The number of benzene rings is 1. The number of hydrogen-bond acceptors (Lipinski definition) is 1. The highest BCUT2D eigenvalue weighted by atomic mass is 79.9. The molecule has 20 heavy (non-hydrogen) atoms. The predicted octanol–water partition coefficient (Wildman–Crippen LogP) is 3.47. The fraction of sp³-hybridized carbons (Fsp3) is 0.647. The lowest BCUT2D eigenvalue weighted by atomic mass is 9.63. The maximum atomic E-state index is 3.54. The molecule has 108 valence electrons. The third kappa shape index (κ3) is 2.15. The lowest BCUT2D eigenvalue weighted by Crippen LogP contribution is -2.77. The zero-order valence-electron chi connectivity index (χ0n) is 12.5. The van der Waals surface area contributed by atoms with E-state index in [9.17, 15) is 0 Å². The first-order valence-corrected chi connectivity index (χ1v) is 8.49. The minimum Gasteiger partial charge on any atom is -0.306 e. The number of hydrogen-bond donors (Lipinski definition) is 0. The second kappa shape index (κ2) is 4.08. The van der Waals surface area contributed by atoms with Crippen LogP contribution in [-0.4, -0.2) is 42.2 Å². The van der Waals surface area contributed by atoms with Crippen LogP contribution in [0.25, 0.3) is 0 Å². The van der Waals surface area contributed by atoms with Crippen molar-refractivity contribution in [3.05, 3.63) is 34.3 Å². The Hall–Kier alpha value is -0.380. The average molecular weight is 336 g/mol. The molecule has 4 aliphatic rings. The quantitative estimate of drug-likeness (QED) is 0.748. The Morgan fingerprint density at radius 2 is 1.70 bits per heavy atom. The number of nitrogens with zero attached hydrogens (tertiary/aromatic N) is 2. The molecular weight excluding hydrogens is 312 g/mol. The second-order valence-corrected chi connectivity index (χ2v) is 9.28. The van der Waals surface area contributed by atoms with Crippen molar-refractivity contribution < 1.29 is 4.48 Å². The standard InChI is InChI=1S/C17H24BrN2/c1-16-8-17(2)10-19(9-16)13-20(11-16,12-17)7-14-3-5-15(18)6-4-14/h3-6H,7-13H2,1-2H3/q+1/t16-,17+,20?. The van der Waals surface area contributed by atoms with Gasteiger partial charge in [0.1, 0.15) is 13.2 Å². The summed E-state index contributed by atoms with van der Waals surface area (Å²) >= 11 is 3.54. The van der Waals surface area contributed by atoms with Crippen LogP contribution in [0, 0.1) is 10.8 Å². The van der Waals surface area contributed by atoms with E-state index in [0.29, 0.717) is 10.8 Å². The predicted molar refractivity (Wildman–Crippen MR) is 85.1 cm³/mol. The Morgan fingerprint density at radius 3 is 2.25 bits per heavy atom. The molecule has 1 aromatic rings. The number of piperidine rings is 2. The molecule has 4 saturated heterocycles. The monoisotopic (exact) mass is 335 g/mol. The summed E-state index contributed by atoms with van der Waals surface area (Å²) in [5, 5.41) is 0. The molecule has 0 radical (unpaired) electrons. The lowest BCUT2D eigenvalue weighted by Gasteiger charge is -2.66. The summed E-state index contributed by atoms with van der Waals surface area (Å²) in [6.45, 7) is 12.9. The molecule has 2 unspecified atom stereocenters. The van der Waals surface area contributed by atoms with Gasteiger partial charge in [0, 0.05) is 34.0 Å². The van der Waals surface area contributed by atoms with E-state index in [1.54, 1.807) is 0 Å². The Labute approximate surface area is 130 Å². The Bertz CT molecular complexity index is 520. The van der Waals surface area contributed by atoms with Gasteiger partial charge in [-0.3, -0.25) is 4.90 Å². The average Bonchev–Trinajstić information content (AvgIpc) is 2.27. The van der Waals surface area contributed by atoms with Crippen molar-refractivity contribution in [1.29, 1.82) is 0 Å². The van der Waals surface area contributed by atoms with Crippen LogP contribution in [0.15, 0.2) is 28.7 Å². The molecule has 4 heterocycles. The van der Waals surface area contributed by atoms with Gasteiger partial charge in [-0.1, -0.05) is 41.9 Å². The Morgan fingerprint density at radius 1 is 1.10 bits per heavy atom. The smallest absolute Gasteiger partial charge is 0.135 e. The summed E-state index contributed by atoms with van der Waals surface area (Å²) in [4.78, 5) is 2.73. The molecule has 4 atom stereocenters. The third-order valence-electron chi connectivity index (χ3n) is 5.43. The topological polar surface area (TPSA) is 3.24 Å². The SMILES string of the molecule is C[C@]12CN3C[C@](C)(C1)C[N+](Cc1ccc(Br)cc1)(C3)C2. The summed E-state index contributed by atoms with van der Waals surface area (Å²) in [7, 11) is 0. The molecule has 0 saturated carbocycles. The van der Waals surface area contributed by atoms with Crippen molar-refractivity contribution in [3.63, 3.8) is 0 Å². The highest BCUT2D eigenvalue weighted by molar-refractivity contribution is 9.10. The first-order chi connectivity index (χ1) is 9.38. The van der Waals surface area contributed by atoms with Gasteiger partial charge in [-0.2, -0.15) is 0 Å². The van der Waals surface area contributed by atoms with Crippen LogP contribution in [0.3, 0.4) is 0 Å². The van der Waals surface area contributed by atoms with Crippen LogP contribution < -0.4 is 0 Å². The van der Waals surface area contributed by atoms with Crippen LogP contribution in [0.4, 0.5) is 0 Å². The molecule has 5 rings (SSSR count). The number of halogens is 1. The van der Waals surface area contributed by atoms with Crippen molar-refractivity contribution in [2.24, 2.45) is 10.8 Å². The van der Waals surface area contributed by atoms with E-state index in [-0.39, 0.29) is 0 Å². The zero-order valence-corrected chi connectivity index (χ0v) is 14.1. The molecule has 0 aliphatic carbocycles. The lowest BCUT2D eigenvalue weighted by molar-refractivity contribution is -0.981. The molecule has 4 aliphatic heterocycles. The normalized spacial score (nSPS) is 45.9. The van der Waals surface area contributed by atoms with E-state index in [0.717, 1.165) is 0 Å². The second-order valence-electron chi connectivity index (χ2n) is 8.37. The van der Waals surface area contributed by atoms with Crippen LogP contribution in [-0.2, 0) is 6.54 Å². The van der Waals surface area contributed by atoms with Gasteiger partial charge in [-0.05, 0) is 18.6 Å². The minimum atomic E-state index is 0.541. The molecule has 0 spiro atoms. The van der Waals surface area contributed by atoms with Crippen LogP contribution >= 0.6 is 15.9 Å². The van der Waals surface area contributed by atoms with Gasteiger partial charge in [-0.25, -0.2) is 0 Å². The fourth-order valence-corrected chi connectivity index (χ4v) is 6.19. The van der Waals surface area contributed by atoms with Crippen molar-refractivity contribution in [3.8, 4) is 0 Å². The van der Waals surface area contributed by atoms with Gasteiger partial charge in [-0.15, -0.1) is 0 Å². The highest BCUT2D eigenvalue weighted by Gasteiger charge is 2.60. The maximum Gasteiger partial charge on any atom is 0.135 e. The van der Waals surface area contributed by atoms with Crippen LogP contribution in [0.5, 0.6) is 0 Å². The van der Waals surface area contributed by atoms with E-state index in [1.807, 2.05) is 0 Å². The van der Waals surface area contributed by atoms with Crippen LogP contribution in [0.1, 0.15) is 25.8 Å². The van der Waals surface area contributed by atoms with Gasteiger partial charge >= 0.3 is 0 Å². The van der Waals surface area contributed by atoms with Gasteiger partial charge < -0.3 is 4.48 Å². The van der Waals surface area contributed by atoms with Crippen molar-refractivity contribution in [2.75, 3.05) is 32.8 Å². The third-order valence-corrected chi connectivity index (χ3v) is 5.96. The van der Waals surface area contributed by atoms with Gasteiger partial charge in [0.05, 0.1) is 13.1 Å². The highest BCUT2D eigenvalue weighted by Crippen LogP contribution is 2.52. The van der Waals surface area contributed by atoms with Gasteiger partial charge in [0.2, 0.25) is 0 Å². The van der Waals surface area contributed by atoms with Crippen LogP contribution in [0.2, 0.25) is 0 Å². The summed E-state index contributed by atoms with van der Waals surface area (Å²) in [6, 6.07) is 8.95. The first kappa shape index (κ1) is 13.3. The fourth-order valence-electron chi connectivity index (χ4n) is 5.93. The van der Waals surface area contributed by atoms with Crippen molar-refractivity contribution >= 4 is 15.9 Å². The van der Waals surface area contributed by atoms with E-state index >= 15 is 0 Å². The summed E-state index contributed by atoms with van der Waals surface area (Å²) in [5.74, 6) is 0. The maximum absolute atomic E-state index is 3.54. The van der Waals surface area contributed by atoms with Gasteiger partial charge in [0.15, 0.2) is 0 Å². The molecule has 0 aromatic heterocycles. The van der Waals surface area contributed by atoms with E-state index in [2.05, 4.69) is 58.9 Å². The Balaban J connectivity index is 1.65. The number of rotatable bonds is 2. The molecule has 0 N–H and O–H groups in total. The van der Waals surface area contributed by atoms with Crippen molar-refractivity contribution in [2.45, 2.75) is 26.8 Å². The van der Waals surface area contributed by atoms with E-state index in [4.69, 9.17) is 0 Å². The minimum absolute atomic E-state index is 0.541. The summed E-state index contributed by atoms with van der Waals surface area (Å²) < 4.78 is 2.47. The molecule has 2 nitrogen and oxygen atoms in total. The molecule has 3 heteroatoms. The summed E-state index contributed by atoms with van der Waals surface area (Å²) in [5.41, 5.74) is 2.57. The molecule has 4 bridgehead atoms. The molecule has 0 amide bonds. The summed E-state index contributed by atoms with van der Waals surface area (Å²) in [6.07, 6.45) is 1.43. The molecular formula is C17H24BrN2+. The molecule has 4 fully saturated rings. The van der Waals surface area contributed by atoms with Gasteiger partial charge in [0.25, 0.3) is 0 Å². The molecule has 1 aromatic carbocycles. The van der Waals surface area contributed by atoms with E-state index in [1.165, 1.54) is 60.3 Å². The van der Waals surface area contributed by atoms with Crippen molar-refractivity contribution in [1.82, 2.24) is 4.90 Å². The largest absolute Gasteiger partial charge is 0.306 e. The zero-order chi connectivity index (χ0) is 14.0. The Kier molecular flexibility index (Phi) is 2.72. The number of quaternary nitrogens is 1. The first-order valence-electron chi connectivity index (χ1n) is 7.70. The van der Waals surface area contributed by atoms with E-state index < -0.39 is 0 Å².